The number of ether oxygens (including phenoxy) is 1. The van der Waals surface area contributed by atoms with Crippen LogP contribution in [0.25, 0.3) is 0 Å². The highest BCUT2D eigenvalue weighted by molar-refractivity contribution is 6.30. The van der Waals surface area contributed by atoms with Crippen molar-refractivity contribution in [3.05, 3.63) is 64.2 Å². The molecule has 1 atom stereocenters. The Morgan fingerprint density at radius 1 is 1.15 bits per heavy atom. The molecule has 0 saturated heterocycles. The summed E-state index contributed by atoms with van der Waals surface area (Å²) in [4.78, 5) is 0. The van der Waals surface area contributed by atoms with E-state index in [2.05, 4.69) is 0 Å². The molecule has 0 saturated carbocycles. The predicted octanol–water partition coefficient (Wildman–Crippen LogP) is 4.10. The summed E-state index contributed by atoms with van der Waals surface area (Å²) < 4.78 is 32.6. The molecule has 2 aromatic carbocycles. The number of halogens is 3. The predicted molar refractivity (Wildman–Crippen MR) is 73.0 cm³/mol. The van der Waals surface area contributed by atoms with Crippen molar-refractivity contribution in [1.82, 2.24) is 0 Å². The van der Waals surface area contributed by atoms with Gasteiger partial charge in [-0.15, -0.1) is 0 Å². The molecule has 0 fully saturated rings. The Kier molecular flexibility index (Phi) is 4.57. The average Bonchev–Trinajstić information content (AvgIpc) is 2.43. The number of benzene rings is 2. The van der Waals surface area contributed by atoms with Gasteiger partial charge in [0.2, 0.25) is 0 Å². The second-order valence-corrected chi connectivity index (χ2v) is 4.57. The van der Waals surface area contributed by atoms with Crippen LogP contribution in [-0.2, 0) is 0 Å². The number of hydrogen-bond acceptors (Lipinski definition) is 2. The lowest BCUT2D eigenvalue weighted by atomic mass is 10.00. The first kappa shape index (κ1) is 14.8. The third kappa shape index (κ3) is 2.92. The van der Waals surface area contributed by atoms with Crippen LogP contribution in [-0.4, -0.2) is 11.7 Å². The molecule has 2 rings (SSSR count). The van der Waals surface area contributed by atoms with Crippen LogP contribution in [0.2, 0.25) is 5.02 Å². The van der Waals surface area contributed by atoms with E-state index in [1.54, 1.807) is 31.2 Å². The smallest absolute Gasteiger partial charge is 0.142 e. The summed E-state index contributed by atoms with van der Waals surface area (Å²) in [6.45, 7) is 2.20. The molecule has 0 aliphatic carbocycles. The Bertz CT molecular complexity index is 617. The highest BCUT2D eigenvalue weighted by Gasteiger charge is 2.20. The van der Waals surface area contributed by atoms with Crippen LogP contribution in [0.4, 0.5) is 8.78 Å². The van der Waals surface area contributed by atoms with Crippen molar-refractivity contribution in [2.24, 2.45) is 0 Å². The first-order valence-electron chi connectivity index (χ1n) is 6.08. The third-order valence-electron chi connectivity index (χ3n) is 2.85. The summed E-state index contributed by atoms with van der Waals surface area (Å²) in [5, 5.41) is 9.94. The standard InChI is InChI=1S/C15H13ClF2O2/c1-2-20-14-6-4-3-5-9(14)15(19)10-7-13(18)11(16)8-12(10)17/h3-8,15,19H,2H2,1H3. The van der Waals surface area contributed by atoms with Crippen molar-refractivity contribution in [2.45, 2.75) is 13.0 Å². The van der Waals surface area contributed by atoms with Gasteiger partial charge < -0.3 is 9.84 Å². The quantitative estimate of drug-likeness (QED) is 0.861. The van der Waals surface area contributed by atoms with Crippen molar-refractivity contribution in [3.8, 4) is 5.75 Å². The summed E-state index contributed by atoms with van der Waals surface area (Å²) in [7, 11) is 0. The second-order valence-electron chi connectivity index (χ2n) is 4.16. The first-order valence-corrected chi connectivity index (χ1v) is 6.46. The van der Waals surface area contributed by atoms with Crippen molar-refractivity contribution in [2.75, 3.05) is 6.61 Å². The van der Waals surface area contributed by atoms with Gasteiger partial charge >= 0.3 is 0 Å². The summed E-state index contributed by atoms with van der Waals surface area (Å²) >= 11 is 5.50. The molecular weight excluding hydrogens is 286 g/mol. The molecule has 0 bridgehead atoms. The van der Waals surface area contributed by atoms with Crippen LogP contribution in [0, 0.1) is 11.6 Å². The first-order chi connectivity index (χ1) is 9.54. The van der Waals surface area contributed by atoms with Gasteiger partial charge in [-0.3, -0.25) is 0 Å². The van der Waals surface area contributed by atoms with E-state index in [4.69, 9.17) is 16.3 Å². The minimum Gasteiger partial charge on any atom is -0.493 e. The second kappa shape index (κ2) is 6.20. The Morgan fingerprint density at radius 3 is 2.55 bits per heavy atom. The highest BCUT2D eigenvalue weighted by Crippen LogP contribution is 2.33. The van der Waals surface area contributed by atoms with E-state index in [1.807, 2.05) is 0 Å². The number of hydrogen-bond donors (Lipinski definition) is 1. The largest absolute Gasteiger partial charge is 0.493 e. The van der Waals surface area contributed by atoms with Gasteiger partial charge in [-0.05, 0) is 25.1 Å². The molecule has 1 unspecified atom stereocenters. The molecule has 1 N–H and O–H groups in total. The van der Waals surface area contributed by atoms with Gasteiger partial charge in [0.1, 0.15) is 23.5 Å². The summed E-state index contributed by atoms with van der Waals surface area (Å²) in [5.74, 6) is -1.12. The van der Waals surface area contributed by atoms with Crippen molar-refractivity contribution < 1.29 is 18.6 Å². The van der Waals surface area contributed by atoms with Crippen LogP contribution >= 0.6 is 11.6 Å². The fourth-order valence-electron chi connectivity index (χ4n) is 1.91. The van der Waals surface area contributed by atoms with Gasteiger partial charge in [0.05, 0.1) is 11.6 Å². The molecule has 106 valence electrons. The molecule has 0 amide bonds. The van der Waals surface area contributed by atoms with Crippen LogP contribution in [0.3, 0.4) is 0 Å². The number of para-hydroxylation sites is 1. The Labute approximate surface area is 120 Å². The SMILES string of the molecule is CCOc1ccccc1C(O)c1cc(F)c(Cl)cc1F. The Hall–Kier alpha value is -1.65. The zero-order valence-corrected chi connectivity index (χ0v) is 11.5. The average molecular weight is 299 g/mol. The lowest BCUT2D eigenvalue weighted by Crippen LogP contribution is -2.06. The van der Waals surface area contributed by atoms with Crippen LogP contribution in [0.1, 0.15) is 24.2 Å². The summed E-state index contributed by atoms with van der Waals surface area (Å²) in [5.41, 5.74) is 0.189. The zero-order valence-electron chi connectivity index (χ0n) is 10.7. The molecule has 0 heterocycles. The van der Waals surface area contributed by atoms with Gasteiger partial charge in [0.25, 0.3) is 0 Å². The van der Waals surface area contributed by atoms with E-state index in [-0.39, 0.29) is 10.6 Å². The number of aliphatic hydroxyl groups excluding tert-OH is 1. The molecule has 20 heavy (non-hydrogen) atoms. The maximum absolute atomic E-state index is 13.8. The molecule has 0 radical (unpaired) electrons. The maximum atomic E-state index is 13.8. The van der Waals surface area contributed by atoms with Crippen LogP contribution in [0.5, 0.6) is 5.75 Å². The van der Waals surface area contributed by atoms with Gasteiger partial charge in [-0.1, -0.05) is 29.8 Å². The van der Waals surface area contributed by atoms with Crippen LogP contribution in [0.15, 0.2) is 36.4 Å². The maximum Gasteiger partial charge on any atom is 0.142 e. The van der Waals surface area contributed by atoms with E-state index < -0.39 is 17.7 Å². The molecule has 0 aliphatic rings. The van der Waals surface area contributed by atoms with E-state index >= 15 is 0 Å². The molecule has 2 aromatic rings. The lowest BCUT2D eigenvalue weighted by molar-refractivity contribution is 0.206. The van der Waals surface area contributed by atoms with Crippen molar-refractivity contribution in [3.63, 3.8) is 0 Å². The minimum absolute atomic E-state index is 0.181. The summed E-state index contributed by atoms with van der Waals surface area (Å²) in [6.07, 6.45) is -1.33. The molecule has 0 spiro atoms. The highest BCUT2D eigenvalue weighted by atomic mass is 35.5. The minimum atomic E-state index is -1.33. The van der Waals surface area contributed by atoms with Crippen molar-refractivity contribution in [1.29, 1.82) is 0 Å². The van der Waals surface area contributed by atoms with Gasteiger partial charge in [0, 0.05) is 11.1 Å². The molecule has 0 aromatic heterocycles. The molecular formula is C15H13ClF2O2. The van der Waals surface area contributed by atoms with E-state index in [1.165, 1.54) is 0 Å². The van der Waals surface area contributed by atoms with Gasteiger partial charge in [0.15, 0.2) is 0 Å². The molecule has 0 aliphatic heterocycles. The third-order valence-corrected chi connectivity index (χ3v) is 3.14. The lowest BCUT2D eigenvalue weighted by Gasteiger charge is -2.16. The fraction of sp³-hybridized carbons (Fsp3) is 0.200. The van der Waals surface area contributed by atoms with Crippen molar-refractivity contribution >= 4 is 11.6 Å². The van der Waals surface area contributed by atoms with Gasteiger partial charge in [-0.25, -0.2) is 8.78 Å². The zero-order chi connectivity index (χ0) is 14.7. The Balaban J connectivity index is 2.46. The number of rotatable bonds is 4. The van der Waals surface area contributed by atoms with E-state index in [9.17, 15) is 13.9 Å². The van der Waals surface area contributed by atoms with E-state index in [0.717, 1.165) is 12.1 Å². The Morgan fingerprint density at radius 2 is 1.85 bits per heavy atom. The van der Waals surface area contributed by atoms with E-state index in [0.29, 0.717) is 17.9 Å². The van der Waals surface area contributed by atoms with Gasteiger partial charge in [-0.2, -0.15) is 0 Å². The molecule has 5 heteroatoms. The topological polar surface area (TPSA) is 29.5 Å². The summed E-state index contributed by atoms with van der Waals surface area (Å²) in [6, 6.07) is 8.42. The normalized spacial score (nSPS) is 12.2. The molecule has 2 nitrogen and oxygen atoms in total. The fourth-order valence-corrected chi connectivity index (χ4v) is 2.06. The monoisotopic (exact) mass is 298 g/mol. The van der Waals surface area contributed by atoms with Crippen LogP contribution < -0.4 is 4.74 Å². The number of aliphatic hydroxyl groups is 1.